The minimum Gasteiger partial charge on any atom is -0.462 e. The normalized spacial score (nSPS) is 36.7. The second kappa shape index (κ2) is 11.1. The molecule has 0 aromatic heterocycles. The summed E-state index contributed by atoms with van der Waals surface area (Å²) < 4.78 is 12.2. The van der Waals surface area contributed by atoms with Gasteiger partial charge in [-0.05, 0) is 75.0 Å². The predicted molar refractivity (Wildman–Crippen MR) is 133 cm³/mol. The third-order valence-corrected chi connectivity index (χ3v) is 8.56. The van der Waals surface area contributed by atoms with Gasteiger partial charge < -0.3 is 40.1 Å². The monoisotopic (exact) mass is 506 g/mol. The van der Waals surface area contributed by atoms with Crippen molar-refractivity contribution in [2.45, 2.75) is 112 Å². The van der Waals surface area contributed by atoms with Crippen LogP contribution in [0.15, 0.2) is 36.9 Å². The predicted octanol–water partition coefficient (Wildman–Crippen LogP) is 1.97. The number of aliphatic hydroxyl groups is 6. The first kappa shape index (κ1) is 27.5. The Labute approximate surface area is 213 Å². The molecule has 8 nitrogen and oxygen atoms in total. The topological polar surface area (TPSA) is 140 Å². The van der Waals surface area contributed by atoms with Crippen molar-refractivity contribution in [2.24, 2.45) is 5.92 Å². The van der Waals surface area contributed by atoms with Crippen molar-refractivity contribution >= 4 is 0 Å². The van der Waals surface area contributed by atoms with Crippen molar-refractivity contribution in [3.05, 3.63) is 42.5 Å². The lowest BCUT2D eigenvalue weighted by Gasteiger charge is -2.61. The molecule has 2 saturated carbocycles. The zero-order valence-corrected chi connectivity index (χ0v) is 21.0. The lowest BCUT2D eigenvalue weighted by molar-refractivity contribution is -0.388. The molecule has 1 aromatic rings. The number of fused-ring (bicyclic) bond motifs is 2. The Morgan fingerprint density at radius 2 is 1.78 bits per heavy atom. The van der Waals surface area contributed by atoms with E-state index < -0.39 is 47.3 Å². The van der Waals surface area contributed by atoms with Crippen LogP contribution in [0.5, 0.6) is 5.75 Å². The van der Waals surface area contributed by atoms with Crippen molar-refractivity contribution in [2.75, 3.05) is 6.61 Å². The van der Waals surface area contributed by atoms with E-state index in [4.69, 9.17) is 9.47 Å². The van der Waals surface area contributed by atoms with Crippen LogP contribution in [0.25, 0.3) is 0 Å². The van der Waals surface area contributed by atoms with Crippen molar-refractivity contribution in [1.29, 1.82) is 0 Å². The molecule has 8 heteroatoms. The van der Waals surface area contributed by atoms with Gasteiger partial charge >= 0.3 is 0 Å². The van der Waals surface area contributed by atoms with Gasteiger partial charge in [-0.3, -0.25) is 0 Å². The number of hydrogen-bond donors (Lipinski definition) is 6. The first-order valence-electron chi connectivity index (χ1n) is 13.3. The quantitative estimate of drug-likeness (QED) is 0.265. The van der Waals surface area contributed by atoms with E-state index in [1.54, 1.807) is 18.2 Å². The highest BCUT2D eigenvalue weighted by atomic mass is 16.7. The van der Waals surface area contributed by atoms with Crippen LogP contribution in [0.4, 0.5) is 0 Å². The molecule has 4 rings (SSSR count). The standard InChI is InChI=1S/C28H42O8/c1-2-7-19-9-11-21(12-10-19)35-25-28(34)20(18-26(32)14-4-3-5-15-26)13-16-27(33,24(28)31)23(36-25)22(30)8-6-17-29/h2,9-12,20,22-25,29-34H,1,3-8,13-18H2/t20-,22+,23-,24+,25+,27-,28-/m1/s1. The second-order valence-corrected chi connectivity index (χ2v) is 11.1. The fraction of sp³-hybridized carbons (Fsp3) is 0.714. The zero-order chi connectivity index (χ0) is 26.0. The van der Waals surface area contributed by atoms with E-state index in [0.29, 0.717) is 37.9 Å². The molecular formula is C28H42O8. The zero-order valence-electron chi connectivity index (χ0n) is 21.0. The van der Waals surface area contributed by atoms with Gasteiger partial charge in [0.25, 0.3) is 0 Å². The van der Waals surface area contributed by atoms with Crippen LogP contribution in [0.3, 0.4) is 0 Å². The Balaban J connectivity index is 1.65. The third kappa shape index (κ3) is 5.23. The summed E-state index contributed by atoms with van der Waals surface area (Å²) >= 11 is 0. The van der Waals surface area contributed by atoms with Crippen LogP contribution >= 0.6 is 0 Å². The highest BCUT2D eigenvalue weighted by molar-refractivity contribution is 5.29. The summed E-state index contributed by atoms with van der Waals surface area (Å²) in [4.78, 5) is 0. The van der Waals surface area contributed by atoms with Gasteiger partial charge in [-0.25, -0.2) is 0 Å². The number of benzene rings is 1. The Bertz CT molecular complexity index is 869. The fourth-order valence-corrected chi connectivity index (χ4v) is 6.51. The van der Waals surface area contributed by atoms with Gasteiger partial charge in [-0.1, -0.05) is 37.5 Å². The summed E-state index contributed by atoms with van der Waals surface area (Å²) in [5, 5.41) is 66.4. The summed E-state index contributed by atoms with van der Waals surface area (Å²) in [7, 11) is 0. The second-order valence-electron chi connectivity index (χ2n) is 11.1. The first-order valence-corrected chi connectivity index (χ1v) is 13.3. The summed E-state index contributed by atoms with van der Waals surface area (Å²) in [6, 6.07) is 7.21. The van der Waals surface area contributed by atoms with Crippen molar-refractivity contribution in [3.8, 4) is 5.75 Å². The van der Waals surface area contributed by atoms with Gasteiger partial charge in [0.2, 0.25) is 6.29 Å². The van der Waals surface area contributed by atoms with E-state index in [0.717, 1.165) is 24.8 Å². The van der Waals surface area contributed by atoms with Gasteiger partial charge in [0, 0.05) is 6.61 Å². The summed E-state index contributed by atoms with van der Waals surface area (Å²) in [6.07, 6.45) is 2.29. The van der Waals surface area contributed by atoms with Crippen LogP contribution in [0.2, 0.25) is 0 Å². The van der Waals surface area contributed by atoms with Crippen LogP contribution in [-0.2, 0) is 11.2 Å². The van der Waals surface area contributed by atoms with Gasteiger partial charge in [0.15, 0.2) is 5.60 Å². The minimum atomic E-state index is -2.01. The molecule has 0 spiro atoms. The molecule has 1 saturated heterocycles. The first-order chi connectivity index (χ1) is 17.2. The smallest absolute Gasteiger partial charge is 0.232 e. The van der Waals surface area contributed by atoms with Gasteiger partial charge in [0.05, 0.1) is 11.7 Å². The van der Waals surface area contributed by atoms with Crippen molar-refractivity contribution in [3.63, 3.8) is 0 Å². The fourth-order valence-electron chi connectivity index (χ4n) is 6.51. The van der Waals surface area contributed by atoms with Gasteiger partial charge in [0.1, 0.15) is 23.6 Å². The highest BCUT2D eigenvalue weighted by Crippen LogP contribution is 2.53. The Kier molecular flexibility index (Phi) is 8.46. The maximum atomic E-state index is 12.1. The molecule has 6 N–H and O–H groups in total. The molecule has 0 unspecified atom stereocenters. The molecule has 1 aromatic carbocycles. The lowest BCUT2D eigenvalue weighted by Crippen LogP contribution is -2.79. The van der Waals surface area contributed by atoms with Crippen LogP contribution in [0.1, 0.15) is 69.8 Å². The van der Waals surface area contributed by atoms with E-state index in [9.17, 15) is 30.6 Å². The minimum absolute atomic E-state index is 0.0983. The average molecular weight is 507 g/mol. The lowest BCUT2D eigenvalue weighted by atomic mass is 9.58. The molecule has 2 aliphatic carbocycles. The van der Waals surface area contributed by atoms with Crippen molar-refractivity contribution in [1.82, 2.24) is 0 Å². The number of rotatable bonds is 10. The van der Waals surface area contributed by atoms with E-state index >= 15 is 0 Å². The Hall–Kier alpha value is -1.52. The summed E-state index contributed by atoms with van der Waals surface area (Å²) in [5.74, 6) is -0.181. The molecule has 1 heterocycles. The van der Waals surface area contributed by atoms with Crippen LogP contribution in [0, 0.1) is 5.92 Å². The SMILES string of the molecule is C=CCc1ccc(O[C@H]2O[C@H]([C@@H](O)CCCO)[C@]3(O)CC[C@H](CC4(O)CCCCC4)[C@@]2(O)[C@H]3O)cc1. The number of hydrogen-bond acceptors (Lipinski definition) is 8. The van der Waals surface area contributed by atoms with E-state index in [1.165, 1.54) is 0 Å². The third-order valence-electron chi connectivity index (χ3n) is 8.56. The van der Waals surface area contributed by atoms with Gasteiger partial charge in [-0.2, -0.15) is 0 Å². The Morgan fingerprint density at radius 1 is 1.08 bits per heavy atom. The molecule has 0 radical (unpaired) electrons. The largest absolute Gasteiger partial charge is 0.462 e. The number of aliphatic hydroxyl groups excluding tert-OH is 3. The number of allylic oxidation sites excluding steroid dienone is 1. The summed E-state index contributed by atoms with van der Waals surface area (Å²) in [5.41, 5.74) is -3.83. The molecule has 3 fully saturated rings. The highest BCUT2D eigenvalue weighted by Gasteiger charge is 2.70. The van der Waals surface area contributed by atoms with Crippen LogP contribution in [-0.4, -0.2) is 78.7 Å². The maximum absolute atomic E-state index is 12.1. The van der Waals surface area contributed by atoms with E-state index in [2.05, 4.69) is 6.58 Å². The Morgan fingerprint density at radius 3 is 2.42 bits per heavy atom. The van der Waals surface area contributed by atoms with Crippen molar-refractivity contribution < 1.29 is 40.1 Å². The molecule has 36 heavy (non-hydrogen) atoms. The van der Waals surface area contributed by atoms with E-state index in [1.807, 2.05) is 12.1 Å². The molecule has 0 amide bonds. The van der Waals surface area contributed by atoms with Gasteiger partial charge in [-0.15, -0.1) is 6.58 Å². The maximum Gasteiger partial charge on any atom is 0.232 e. The summed E-state index contributed by atoms with van der Waals surface area (Å²) in [6.45, 7) is 3.61. The molecular weight excluding hydrogens is 464 g/mol. The molecule has 7 atom stereocenters. The average Bonchev–Trinajstić information content (AvgIpc) is 2.86. The molecule has 2 bridgehead atoms. The molecule has 3 aliphatic rings. The van der Waals surface area contributed by atoms with Crippen LogP contribution < -0.4 is 4.74 Å². The number of ether oxygens (including phenoxy) is 2. The molecule has 202 valence electrons. The molecule has 1 aliphatic heterocycles. The van der Waals surface area contributed by atoms with E-state index in [-0.39, 0.29) is 25.9 Å².